The molecule has 0 fully saturated rings. The third-order valence-electron chi connectivity index (χ3n) is 2.29. The standard InChI is InChI=1S/C11H26N4O/c1-4-5-7-10(2)14-11(15-12)13-8-6-9-16-3/h10H,4-9,12H2,1-3H3,(H2,13,14,15). The Balaban J connectivity index is 3.79. The second kappa shape index (κ2) is 10.7. The van der Waals surface area contributed by atoms with E-state index in [1.165, 1.54) is 12.8 Å². The van der Waals surface area contributed by atoms with Gasteiger partial charge >= 0.3 is 0 Å². The molecule has 0 aromatic heterocycles. The summed E-state index contributed by atoms with van der Waals surface area (Å²) in [7, 11) is 1.69. The quantitative estimate of drug-likeness (QED) is 0.191. The molecule has 4 N–H and O–H groups in total. The zero-order valence-electron chi connectivity index (χ0n) is 10.8. The van der Waals surface area contributed by atoms with Crippen LogP contribution in [0.5, 0.6) is 0 Å². The van der Waals surface area contributed by atoms with Crippen LogP contribution >= 0.6 is 0 Å². The first-order valence-corrected chi connectivity index (χ1v) is 6.01. The summed E-state index contributed by atoms with van der Waals surface area (Å²) in [5.41, 5.74) is 2.58. The minimum absolute atomic E-state index is 0.400. The highest BCUT2D eigenvalue weighted by Crippen LogP contribution is 1.98. The van der Waals surface area contributed by atoms with Gasteiger partial charge in [0.25, 0.3) is 0 Å². The molecule has 0 aliphatic rings. The van der Waals surface area contributed by atoms with Crippen LogP contribution in [0.1, 0.15) is 39.5 Å². The second-order valence-corrected chi connectivity index (χ2v) is 3.91. The molecule has 96 valence electrons. The molecule has 0 rings (SSSR count). The number of unbranched alkanes of at least 4 members (excludes halogenated alkanes) is 1. The lowest BCUT2D eigenvalue weighted by Gasteiger charge is -2.16. The molecule has 16 heavy (non-hydrogen) atoms. The average molecular weight is 230 g/mol. The molecule has 0 aromatic rings. The van der Waals surface area contributed by atoms with E-state index in [0.717, 1.165) is 26.0 Å². The fourth-order valence-electron chi connectivity index (χ4n) is 1.35. The maximum atomic E-state index is 5.39. The van der Waals surface area contributed by atoms with Gasteiger partial charge < -0.3 is 10.1 Å². The van der Waals surface area contributed by atoms with Gasteiger partial charge in [-0.1, -0.05) is 19.8 Å². The summed E-state index contributed by atoms with van der Waals surface area (Å²) in [5.74, 6) is 6.06. The summed E-state index contributed by atoms with van der Waals surface area (Å²) in [6.07, 6.45) is 4.47. The number of aliphatic imine (C=N–C) groups is 1. The van der Waals surface area contributed by atoms with Crippen LogP contribution < -0.4 is 16.6 Å². The van der Waals surface area contributed by atoms with Crippen LogP contribution in [0.4, 0.5) is 0 Å². The summed E-state index contributed by atoms with van der Waals surface area (Å²) < 4.78 is 4.95. The van der Waals surface area contributed by atoms with Crippen LogP contribution in [0.15, 0.2) is 4.99 Å². The van der Waals surface area contributed by atoms with Crippen molar-refractivity contribution in [1.82, 2.24) is 10.7 Å². The minimum atomic E-state index is 0.400. The maximum Gasteiger partial charge on any atom is 0.205 e. The molecule has 0 heterocycles. The molecule has 5 heteroatoms. The molecule has 1 atom stereocenters. The molecule has 0 spiro atoms. The van der Waals surface area contributed by atoms with Crippen molar-refractivity contribution in [3.63, 3.8) is 0 Å². The second-order valence-electron chi connectivity index (χ2n) is 3.91. The Labute approximate surface area is 98.8 Å². The van der Waals surface area contributed by atoms with Gasteiger partial charge in [0.1, 0.15) is 0 Å². The van der Waals surface area contributed by atoms with Gasteiger partial charge in [-0.3, -0.25) is 10.4 Å². The number of hydrogen-bond acceptors (Lipinski definition) is 3. The first-order valence-electron chi connectivity index (χ1n) is 6.01. The lowest BCUT2D eigenvalue weighted by molar-refractivity contribution is 0.197. The van der Waals surface area contributed by atoms with Crippen LogP contribution in [0, 0.1) is 0 Å². The Morgan fingerprint density at radius 1 is 1.44 bits per heavy atom. The van der Waals surface area contributed by atoms with Crippen LogP contribution in [0.2, 0.25) is 0 Å². The van der Waals surface area contributed by atoms with E-state index in [1.54, 1.807) is 7.11 Å². The topological polar surface area (TPSA) is 71.7 Å². The molecule has 0 saturated heterocycles. The van der Waals surface area contributed by atoms with E-state index < -0.39 is 0 Å². The minimum Gasteiger partial charge on any atom is -0.385 e. The SMILES string of the molecule is CCCCC(C)NC(=NCCCOC)NN. The van der Waals surface area contributed by atoms with Crippen LogP contribution in [-0.2, 0) is 4.74 Å². The Kier molecular flexibility index (Phi) is 10.2. The third kappa shape index (κ3) is 8.49. The molecular formula is C11H26N4O. The van der Waals surface area contributed by atoms with Crippen molar-refractivity contribution >= 4 is 5.96 Å². The van der Waals surface area contributed by atoms with Crippen molar-refractivity contribution in [3.8, 4) is 0 Å². The predicted molar refractivity (Wildman–Crippen MR) is 68.2 cm³/mol. The van der Waals surface area contributed by atoms with Crippen LogP contribution in [0.3, 0.4) is 0 Å². The number of nitrogens with one attached hydrogen (secondary N) is 2. The van der Waals surface area contributed by atoms with Crippen molar-refractivity contribution in [2.75, 3.05) is 20.3 Å². The first-order chi connectivity index (χ1) is 7.74. The molecule has 0 aromatic carbocycles. The number of nitrogens with two attached hydrogens (primary N) is 1. The number of hydrogen-bond donors (Lipinski definition) is 3. The number of hydrazine groups is 1. The molecule has 0 saturated carbocycles. The Hall–Kier alpha value is -0.810. The van der Waals surface area contributed by atoms with Crippen molar-refractivity contribution in [3.05, 3.63) is 0 Å². The lowest BCUT2D eigenvalue weighted by atomic mass is 10.1. The number of nitrogens with zero attached hydrogens (tertiary/aromatic N) is 1. The number of ether oxygens (including phenoxy) is 1. The van der Waals surface area contributed by atoms with Gasteiger partial charge in [-0.2, -0.15) is 0 Å². The van der Waals surface area contributed by atoms with E-state index in [-0.39, 0.29) is 0 Å². The predicted octanol–water partition coefficient (Wildman–Crippen LogP) is 1.01. The summed E-state index contributed by atoms with van der Waals surface area (Å²) in [6.45, 7) is 5.78. The number of rotatable bonds is 8. The Morgan fingerprint density at radius 3 is 2.75 bits per heavy atom. The van der Waals surface area contributed by atoms with Gasteiger partial charge in [0.2, 0.25) is 5.96 Å². The van der Waals surface area contributed by atoms with Gasteiger partial charge in [-0.15, -0.1) is 0 Å². The average Bonchev–Trinajstić information content (AvgIpc) is 2.30. The molecule has 1 unspecified atom stereocenters. The van der Waals surface area contributed by atoms with Gasteiger partial charge in [-0.25, -0.2) is 5.84 Å². The van der Waals surface area contributed by atoms with Gasteiger partial charge in [0.15, 0.2) is 0 Å². The van der Waals surface area contributed by atoms with E-state index in [9.17, 15) is 0 Å². The number of methoxy groups -OCH3 is 1. The van der Waals surface area contributed by atoms with Gasteiger partial charge in [0, 0.05) is 26.3 Å². The van der Waals surface area contributed by atoms with Gasteiger partial charge in [0.05, 0.1) is 0 Å². The van der Waals surface area contributed by atoms with Crippen LogP contribution in [0.25, 0.3) is 0 Å². The van der Waals surface area contributed by atoms with Crippen LogP contribution in [-0.4, -0.2) is 32.3 Å². The Morgan fingerprint density at radius 2 is 2.19 bits per heavy atom. The monoisotopic (exact) mass is 230 g/mol. The highest BCUT2D eigenvalue weighted by molar-refractivity contribution is 5.79. The summed E-state index contributed by atoms with van der Waals surface area (Å²) in [6, 6.07) is 0.400. The molecule has 0 radical (unpaired) electrons. The van der Waals surface area contributed by atoms with Crippen molar-refractivity contribution in [2.45, 2.75) is 45.6 Å². The van der Waals surface area contributed by atoms with E-state index in [0.29, 0.717) is 12.0 Å². The molecule has 5 nitrogen and oxygen atoms in total. The highest BCUT2D eigenvalue weighted by atomic mass is 16.5. The first kappa shape index (κ1) is 15.2. The normalized spacial score (nSPS) is 13.6. The molecule has 0 aliphatic heterocycles. The van der Waals surface area contributed by atoms with E-state index in [1.807, 2.05) is 0 Å². The van der Waals surface area contributed by atoms with Crippen molar-refractivity contribution in [2.24, 2.45) is 10.8 Å². The summed E-state index contributed by atoms with van der Waals surface area (Å²) in [4.78, 5) is 4.32. The molecular weight excluding hydrogens is 204 g/mol. The van der Waals surface area contributed by atoms with Crippen molar-refractivity contribution < 1.29 is 4.74 Å². The third-order valence-corrected chi connectivity index (χ3v) is 2.29. The van der Waals surface area contributed by atoms with E-state index in [2.05, 4.69) is 29.6 Å². The summed E-state index contributed by atoms with van der Waals surface area (Å²) in [5, 5.41) is 3.25. The fraction of sp³-hybridized carbons (Fsp3) is 0.909. The van der Waals surface area contributed by atoms with Gasteiger partial charge in [-0.05, 0) is 19.8 Å². The van der Waals surface area contributed by atoms with E-state index in [4.69, 9.17) is 10.6 Å². The van der Waals surface area contributed by atoms with Crippen molar-refractivity contribution in [1.29, 1.82) is 0 Å². The largest absolute Gasteiger partial charge is 0.385 e. The highest BCUT2D eigenvalue weighted by Gasteiger charge is 2.03. The lowest BCUT2D eigenvalue weighted by Crippen LogP contribution is -2.45. The Bertz CT molecular complexity index is 185. The zero-order chi connectivity index (χ0) is 12.2. The molecule has 0 bridgehead atoms. The maximum absolute atomic E-state index is 5.39. The summed E-state index contributed by atoms with van der Waals surface area (Å²) >= 11 is 0. The van der Waals surface area contributed by atoms with E-state index >= 15 is 0 Å². The smallest absolute Gasteiger partial charge is 0.205 e. The molecule has 0 amide bonds. The number of guanidine groups is 1. The molecule has 0 aliphatic carbocycles. The fourth-order valence-corrected chi connectivity index (χ4v) is 1.35. The zero-order valence-corrected chi connectivity index (χ0v) is 10.8.